The standard InChI is InChI=1S/C20H22N4O6S/c1-2-29-20(26)16-6-7-19(30-16)31(27,28)23-11-9-22(10-12-23)14-15-13-18(25)24-8-4-3-5-17(24)21-15/h3-8,13H,2,9-12,14H2,1H3. The highest BCUT2D eigenvalue weighted by molar-refractivity contribution is 7.89. The second kappa shape index (κ2) is 8.61. The number of furan rings is 1. The van der Waals surface area contributed by atoms with Crippen LogP contribution in [-0.2, 0) is 21.3 Å². The molecule has 1 aliphatic rings. The van der Waals surface area contributed by atoms with E-state index in [9.17, 15) is 18.0 Å². The number of hydrogen-bond acceptors (Lipinski definition) is 8. The summed E-state index contributed by atoms with van der Waals surface area (Å²) in [5.74, 6) is -0.847. The van der Waals surface area contributed by atoms with Gasteiger partial charge in [0.05, 0.1) is 12.3 Å². The molecule has 0 bridgehead atoms. The minimum absolute atomic E-state index is 0.146. The SMILES string of the molecule is CCOC(=O)c1ccc(S(=O)(=O)N2CCN(Cc3cc(=O)n4ccccc4n3)CC2)o1. The van der Waals surface area contributed by atoms with E-state index in [0.29, 0.717) is 31.0 Å². The van der Waals surface area contributed by atoms with Crippen LogP contribution in [0.4, 0.5) is 0 Å². The lowest BCUT2D eigenvalue weighted by Gasteiger charge is -2.33. The third-order valence-electron chi connectivity index (χ3n) is 4.99. The Kier molecular flexibility index (Phi) is 5.90. The highest BCUT2D eigenvalue weighted by Gasteiger charge is 2.32. The van der Waals surface area contributed by atoms with Crippen molar-refractivity contribution in [3.63, 3.8) is 0 Å². The smallest absolute Gasteiger partial charge is 0.374 e. The van der Waals surface area contributed by atoms with Crippen LogP contribution in [-0.4, -0.2) is 65.8 Å². The van der Waals surface area contributed by atoms with Crippen molar-refractivity contribution >= 4 is 21.6 Å². The zero-order chi connectivity index (χ0) is 22.0. The first-order valence-electron chi connectivity index (χ1n) is 9.85. The van der Waals surface area contributed by atoms with Crippen LogP contribution in [0, 0.1) is 0 Å². The molecule has 1 saturated heterocycles. The first-order valence-corrected chi connectivity index (χ1v) is 11.3. The summed E-state index contributed by atoms with van der Waals surface area (Å²) in [6, 6.07) is 9.41. The van der Waals surface area contributed by atoms with Crippen molar-refractivity contribution in [2.24, 2.45) is 0 Å². The number of rotatable bonds is 6. The van der Waals surface area contributed by atoms with Crippen molar-refractivity contribution in [3.05, 3.63) is 64.4 Å². The Balaban J connectivity index is 1.41. The van der Waals surface area contributed by atoms with E-state index in [-0.39, 0.29) is 36.1 Å². The lowest BCUT2D eigenvalue weighted by atomic mass is 10.3. The fraction of sp³-hybridized carbons (Fsp3) is 0.350. The predicted molar refractivity (Wildman–Crippen MR) is 110 cm³/mol. The normalized spacial score (nSPS) is 15.9. The fourth-order valence-electron chi connectivity index (χ4n) is 3.44. The number of fused-ring (bicyclic) bond motifs is 1. The Morgan fingerprint density at radius 1 is 1.16 bits per heavy atom. The molecule has 4 heterocycles. The Morgan fingerprint density at radius 3 is 2.68 bits per heavy atom. The molecular weight excluding hydrogens is 424 g/mol. The summed E-state index contributed by atoms with van der Waals surface area (Å²) in [5.41, 5.74) is 1.05. The van der Waals surface area contributed by atoms with Gasteiger partial charge in [-0.2, -0.15) is 4.31 Å². The van der Waals surface area contributed by atoms with Gasteiger partial charge < -0.3 is 9.15 Å². The Labute approximate surface area is 178 Å². The van der Waals surface area contributed by atoms with Gasteiger partial charge in [-0.1, -0.05) is 6.07 Å². The van der Waals surface area contributed by atoms with E-state index in [4.69, 9.17) is 9.15 Å². The van der Waals surface area contributed by atoms with Crippen LogP contribution < -0.4 is 5.56 Å². The van der Waals surface area contributed by atoms with Gasteiger partial charge in [0.25, 0.3) is 15.6 Å². The summed E-state index contributed by atoms with van der Waals surface area (Å²) in [7, 11) is -3.86. The quantitative estimate of drug-likeness (QED) is 0.515. The van der Waals surface area contributed by atoms with E-state index in [1.807, 2.05) is 11.0 Å². The van der Waals surface area contributed by atoms with Gasteiger partial charge in [0, 0.05) is 45.0 Å². The number of aromatic nitrogens is 2. The van der Waals surface area contributed by atoms with Gasteiger partial charge >= 0.3 is 5.97 Å². The summed E-state index contributed by atoms with van der Waals surface area (Å²) in [6.45, 7) is 3.72. The van der Waals surface area contributed by atoms with Gasteiger partial charge in [-0.15, -0.1) is 0 Å². The topological polar surface area (TPSA) is 114 Å². The molecule has 4 rings (SSSR count). The molecule has 3 aromatic rings. The molecule has 0 spiro atoms. The van der Waals surface area contributed by atoms with Gasteiger partial charge in [0.1, 0.15) is 5.65 Å². The van der Waals surface area contributed by atoms with Crippen LogP contribution in [0.15, 0.2) is 56.9 Å². The molecule has 11 heteroatoms. The molecule has 1 aliphatic heterocycles. The lowest BCUT2D eigenvalue weighted by molar-refractivity contribution is 0.0483. The maximum absolute atomic E-state index is 12.8. The van der Waals surface area contributed by atoms with Crippen LogP contribution in [0.1, 0.15) is 23.2 Å². The summed E-state index contributed by atoms with van der Waals surface area (Å²) in [5, 5.41) is -0.284. The summed E-state index contributed by atoms with van der Waals surface area (Å²) >= 11 is 0. The number of sulfonamides is 1. The number of carbonyl (C=O) groups is 1. The van der Waals surface area contributed by atoms with E-state index in [1.54, 1.807) is 25.3 Å². The molecule has 31 heavy (non-hydrogen) atoms. The molecule has 0 amide bonds. The molecule has 0 N–H and O–H groups in total. The van der Waals surface area contributed by atoms with Crippen molar-refractivity contribution in [2.45, 2.75) is 18.6 Å². The molecule has 0 aromatic carbocycles. The first-order chi connectivity index (χ1) is 14.9. The monoisotopic (exact) mass is 446 g/mol. The second-order valence-corrected chi connectivity index (χ2v) is 8.90. The van der Waals surface area contributed by atoms with E-state index in [2.05, 4.69) is 4.98 Å². The minimum atomic E-state index is -3.86. The van der Waals surface area contributed by atoms with Crippen molar-refractivity contribution in [3.8, 4) is 0 Å². The van der Waals surface area contributed by atoms with Crippen LogP contribution in [0.5, 0.6) is 0 Å². The maximum Gasteiger partial charge on any atom is 0.374 e. The van der Waals surface area contributed by atoms with Crippen molar-refractivity contribution in [1.29, 1.82) is 0 Å². The second-order valence-electron chi connectivity index (χ2n) is 7.03. The van der Waals surface area contributed by atoms with Crippen LogP contribution in [0.25, 0.3) is 5.65 Å². The summed E-state index contributed by atoms with van der Waals surface area (Å²) < 4.78 is 38.5. The summed E-state index contributed by atoms with van der Waals surface area (Å²) in [6.07, 6.45) is 1.67. The van der Waals surface area contributed by atoms with Crippen LogP contribution >= 0.6 is 0 Å². The van der Waals surface area contributed by atoms with Crippen molar-refractivity contribution in [2.75, 3.05) is 32.8 Å². The average Bonchev–Trinajstić information content (AvgIpc) is 3.26. The van der Waals surface area contributed by atoms with E-state index >= 15 is 0 Å². The molecule has 10 nitrogen and oxygen atoms in total. The molecule has 0 unspecified atom stereocenters. The highest BCUT2D eigenvalue weighted by Crippen LogP contribution is 2.21. The number of nitrogens with zero attached hydrogens (tertiary/aromatic N) is 4. The zero-order valence-electron chi connectivity index (χ0n) is 16.9. The zero-order valence-corrected chi connectivity index (χ0v) is 17.7. The molecular formula is C20H22N4O6S. The lowest BCUT2D eigenvalue weighted by Crippen LogP contribution is -2.48. The van der Waals surface area contributed by atoms with E-state index in [1.165, 1.54) is 26.9 Å². The number of hydrogen-bond donors (Lipinski definition) is 0. The molecule has 1 fully saturated rings. The molecule has 0 aliphatic carbocycles. The van der Waals surface area contributed by atoms with Gasteiger partial charge in [-0.3, -0.25) is 14.1 Å². The van der Waals surface area contributed by atoms with Crippen LogP contribution in [0.2, 0.25) is 0 Å². The number of piperazine rings is 1. The molecule has 0 saturated carbocycles. The van der Waals surface area contributed by atoms with Crippen LogP contribution in [0.3, 0.4) is 0 Å². The van der Waals surface area contributed by atoms with Crippen molar-refractivity contribution < 1.29 is 22.4 Å². The van der Waals surface area contributed by atoms with E-state index in [0.717, 1.165) is 0 Å². The summed E-state index contributed by atoms with van der Waals surface area (Å²) in [4.78, 5) is 30.5. The van der Waals surface area contributed by atoms with Gasteiger partial charge in [-0.25, -0.2) is 18.2 Å². The number of carbonyl (C=O) groups excluding carboxylic acids is 1. The predicted octanol–water partition coefficient (Wildman–Crippen LogP) is 0.971. The van der Waals surface area contributed by atoms with Gasteiger partial charge in [0.15, 0.2) is 0 Å². The maximum atomic E-state index is 12.8. The van der Waals surface area contributed by atoms with Gasteiger partial charge in [-0.05, 0) is 31.2 Å². The Hall–Kier alpha value is -3.02. The Morgan fingerprint density at radius 2 is 1.94 bits per heavy atom. The fourth-order valence-corrected chi connectivity index (χ4v) is 4.77. The minimum Gasteiger partial charge on any atom is -0.460 e. The van der Waals surface area contributed by atoms with E-state index < -0.39 is 16.0 Å². The average molecular weight is 446 g/mol. The van der Waals surface area contributed by atoms with Crippen molar-refractivity contribution in [1.82, 2.24) is 18.6 Å². The molecule has 0 radical (unpaired) electrons. The molecule has 0 atom stereocenters. The highest BCUT2D eigenvalue weighted by atomic mass is 32.2. The number of ether oxygens (including phenoxy) is 1. The molecule has 164 valence electrons. The third kappa shape index (κ3) is 4.38. The first kappa shape index (κ1) is 21.2. The number of esters is 1. The Bertz CT molecular complexity index is 1260. The third-order valence-corrected chi connectivity index (χ3v) is 6.77. The molecule has 3 aromatic heterocycles. The largest absolute Gasteiger partial charge is 0.460 e. The van der Waals surface area contributed by atoms with Gasteiger partial charge in [0.2, 0.25) is 10.9 Å². The number of pyridine rings is 1.